The fourth-order valence-electron chi connectivity index (χ4n) is 6.25. The Morgan fingerprint density at radius 1 is 0.695 bits per heavy atom. The van der Waals surface area contributed by atoms with Gasteiger partial charge in [0.15, 0.2) is 6.29 Å². The topological polar surface area (TPSA) is 153 Å². The van der Waals surface area contributed by atoms with Crippen LogP contribution in [0.15, 0.2) is 89.4 Å². The Labute approximate surface area is 357 Å². The van der Waals surface area contributed by atoms with E-state index in [-0.39, 0.29) is 6.29 Å². The number of nitrogens with one attached hydrogen (secondary N) is 4. The second-order valence-electron chi connectivity index (χ2n) is 13.1. The molecule has 0 bridgehead atoms. The van der Waals surface area contributed by atoms with Gasteiger partial charge in [-0.1, -0.05) is 76.3 Å². The average Bonchev–Trinajstić information content (AvgIpc) is 3.81. The van der Waals surface area contributed by atoms with Crippen molar-refractivity contribution in [2.75, 3.05) is 48.7 Å². The minimum absolute atomic E-state index is 0.170. The molecule has 6 aromatic rings. The monoisotopic (exact) mass is 896 g/mol. The zero-order chi connectivity index (χ0) is 41.9. The van der Waals surface area contributed by atoms with Gasteiger partial charge in [0.1, 0.15) is 16.4 Å². The van der Waals surface area contributed by atoms with Crippen LogP contribution in [0.3, 0.4) is 0 Å². The third-order valence-corrected chi connectivity index (χ3v) is 11.7. The molecule has 0 saturated carbocycles. The molecule has 1 unspecified atom stereocenters. The largest absolute Gasteiger partial charge is 0.465 e. The molecule has 0 radical (unpaired) electrons. The summed E-state index contributed by atoms with van der Waals surface area (Å²) in [6.45, 7) is 4.76. The Hall–Kier alpha value is -5.76. The van der Waals surface area contributed by atoms with Crippen molar-refractivity contribution < 1.29 is 38.1 Å². The van der Waals surface area contributed by atoms with Crippen molar-refractivity contribution in [1.82, 2.24) is 0 Å². The molecule has 12 nitrogen and oxygen atoms in total. The molecule has 304 valence electrons. The van der Waals surface area contributed by atoms with Gasteiger partial charge >= 0.3 is 24.0 Å². The van der Waals surface area contributed by atoms with E-state index in [1.807, 2.05) is 86.6 Å². The van der Waals surface area contributed by atoms with E-state index >= 15 is 0 Å². The summed E-state index contributed by atoms with van der Waals surface area (Å²) in [6, 6.07) is 25.5. The lowest BCUT2D eigenvalue weighted by Crippen LogP contribution is -2.22. The molecule has 1 aliphatic rings. The number of ether oxygens (including phenoxy) is 4. The van der Waals surface area contributed by atoms with Crippen LogP contribution in [0.25, 0.3) is 21.5 Å². The van der Waals surface area contributed by atoms with Gasteiger partial charge in [0.25, 0.3) is 0 Å². The highest BCUT2D eigenvalue weighted by Gasteiger charge is 2.20. The SMILES string of the molecule is COC(=O)c1sc(C)cc1NC(=O)Nc1ccc(Br)c2ccccc12.COC(=O)c1sc(C)cc1NC(=O)Nc1ccc(C#CCOC2CCCCO2)c2ccccc12. The number of aryl methyl sites for hydroxylation is 2. The molecule has 59 heavy (non-hydrogen) atoms. The first-order valence-corrected chi connectivity index (χ1v) is 20.9. The fraction of sp³-hybridized carbons (Fsp3) is 0.227. The molecule has 3 heterocycles. The molecule has 0 spiro atoms. The van der Waals surface area contributed by atoms with E-state index in [1.54, 1.807) is 12.1 Å². The number of carbonyl (C=O) groups is 4. The number of halogens is 1. The number of fused-ring (bicyclic) bond motifs is 2. The molecular formula is C44H41BrN4O8S2. The third-order valence-electron chi connectivity index (χ3n) is 8.94. The quantitative estimate of drug-likeness (QED) is 0.0870. The van der Waals surface area contributed by atoms with Crippen LogP contribution >= 0.6 is 38.6 Å². The first kappa shape index (κ1) is 42.8. The Kier molecular flexibility index (Phi) is 14.7. The van der Waals surface area contributed by atoms with Crippen molar-refractivity contribution in [1.29, 1.82) is 0 Å². The average molecular weight is 898 g/mol. The summed E-state index contributed by atoms with van der Waals surface area (Å²) in [5.74, 6) is 5.28. The number of anilines is 4. The number of urea groups is 2. The minimum atomic E-state index is -0.485. The lowest BCUT2D eigenvalue weighted by molar-refractivity contribution is -0.154. The highest BCUT2D eigenvalue weighted by molar-refractivity contribution is 9.10. The van der Waals surface area contributed by atoms with Gasteiger partial charge in [-0.25, -0.2) is 19.2 Å². The maximum atomic E-state index is 12.7. The highest BCUT2D eigenvalue weighted by atomic mass is 79.9. The van der Waals surface area contributed by atoms with Crippen LogP contribution in [-0.4, -0.2) is 57.7 Å². The molecule has 4 aromatic carbocycles. The number of thiophene rings is 2. The van der Waals surface area contributed by atoms with Crippen LogP contribution in [0.1, 0.15) is 53.9 Å². The molecule has 7 rings (SSSR count). The van der Waals surface area contributed by atoms with E-state index in [4.69, 9.17) is 18.9 Å². The summed E-state index contributed by atoms with van der Waals surface area (Å²) < 4.78 is 21.8. The summed E-state index contributed by atoms with van der Waals surface area (Å²) in [7, 11) is 2.63. The molecule has 4 amide bonds. The van der Waals surface area contributed by atoms with Gasteiger partial charge in [-0.15, -0.1) is 22.7 Å². The standard InChI is InChI=1S/C26H26N2O5S.C18H15BrN2O3S/c1-17-16-22(24(34-17)25(29)31-2)28-26(30)27-21-13-12-18(19-9-3-4-10-20(19)21)8-7-15-33-23-11-5-6-14-32-23;1-10-9-15(16(25-10)17(22)24-2)21-18(23)20-14-8-7-13(19)11-5-3-4-6-12(11)14/h3-4,9-10,12-13,16,23H,5-6,11,14-15H2,1-2H3,(H2,27,28,30);3-9H,1-2H3,(H2,20,21,23). The molecule has 4 N–H and O–H groups in total. The van der Waals surface area contributed by atoms with Crippen molar-refractivity contribution in [3.8, 4) is 11.8 Å². The summed E-state index contributed by atoms with van der Waals surface area (Å²) in [5, 5.41) is 14.9. The Morgan fingerprint density at radius 2 is 1.20 bits per heavy atom. The van der Waals surface area contributed by atoms with Crippen LogP contribution in [0.5, 0.6) is 0 Å². The number of carbonyl (C=O) groups excluding carboxylic acids is 4. The Bertz CT molecular complexity index is 2570. The second-order valence-corrected chi connectivity index (χ2v) is 16.5. The number of esters is 2. The van der Waals surface area contributed by atoms with E-state index in [9.17, 15) is 19.2 Å². The van der Waals surface area contributed by atoms with Crippen LogP contribution in [0.4, 0.5) is 32.3 Å². The number of hydrogen-bond acceptors (Lipinski definition) is 10. The fourth-order valence-corrected chi connectivity index (χ4v) is 8.50. The summed E-state index contributed by atoms with van der Waals surface area (Å²) in [5.41, 5.74) is 3.02. The van der Waals surface area contributed by atoms with Crippen LogP contribution in [0, 0.1) is 25.7 Å². The maximum absolute atomic E-state index is 12.7. The predicted molar refractivity (Wildman–Crippen MR) is 238 cm³/mol. The van der Waals surface area contributed by atoms with Crippen LogP contribution < -0.4 is 21.3 Å². The van der Waals surface area contributed by atoms with E-state index in [1.165, 1.54) is 36.9 Å². The summed E-state index contributed by atoms with van der Waals surface area (Å²) in [6.07, 6.45) is 2.92. The zero-order valence-corrected chi connectivity index (χ0v) is 35.9. The molecule has 0 aliphatic carbocycles. The molecule has 15 heteroatoms. The third kappa shape index (κ3) is 11.0. The molecule has 1 atom stereocenters. The van der Waals surface area contributed by atoms with Gasteiger partial charge in [-0.05, 0) is 80.3 Å². The van der Waals surface area contributed by atoms with Crippen LogP contribution in [0.2, 0.25) is 0 Å². The summed E-state index contributed by atoms with van der Waals surface area (Å²) in [4.78, 5) is 51.4. The molecule has 1 saturated heterocycles. The molecular weight excluding hydrogens is 857 g/mol. The predicted octanol–water partition coefficient (Wildman–Crippen LogP) is 10.9. The van der Waals surface area contributed by atoms with Crippen molar-refractivity contribution in [2.45, 2.75) is 39.4 Å². The minimum Gasteiger partial charge on any atom is -0.465 e. The smallest absolute Gasteiger partial charge is 0.350 e. The molecule has 1 aliphatic heterocycles. The van der Waals surface area contributed by atoms with Gasteiger partial charge < -0.3 is 40.2 Å². The Morgan fingerprint density at radius 3 is 1.75 bits per heavy atom. The lowest BCUT2D eigenvalue weighted by Gasteiger charge is -2.21. The normalized spacial score (nSPS) is 13.3. The first-order valence-electron chi connectivity index (χ1n) is 18.5. The number of amides is 4. The first-order chi connectivity index (χ1) is 28.5. The lowest BCUT2D eigenvalue weighted by atomic mass is 10.0. The summed E-state index contributed by atoms with van der Waals surface area (Å²) >= 11 is 6.05. The number of hydrogen-bond donors (Lipinski definition) is 4. The highest BCUT2D eigenvalue weighted by Crippen LogP contribution is 2.32. The van der Waals surface area contributed by atoms with Gasteiger partial charge in [-0.2, -0.15) is 0 Å². The van der Waals surface area contributed by atoms with E-state index in [0.29, 0.717) is 39.1 Å². The number of benzene rings is 4. The van der Waals surface area contributed by atoms with Crippen molar-refractivity contribution in [3.63, 3.8) is 0 Å². The number of rotatable bonds is 8. The second kappa shape index (κ2) is 20.3. The van der Waals surface area contributed by atoms with Crippen molar-refractivity contribution in [2.24, 2.45) is 0 Å². The van der Waals surface area contributed by atoms with Gasteiger partial charge in [0.05, 0.1) is 37.0 Å². The van der Waals surface area contributed by atoms with E-state index in [0.717, 1.165) is 67.2 Å². The van der Waals surface area contributed by atoms with Crippen molar-refractivity contribution in [3.05, 3.63) is 114 Å². The van der Waals surface area contributed by atoms with Crippen LogP contribution in [-0.2, 0) is 18.9 Å². The van der Waals surface area contributed by atoms with E-state index in [2.05, 4.69) is 49.0 Å². The molecule has 2 aromatic heterocycles. The molecule has 1 fully saturated rings. The van der Waals surface area contributed by atoms with Gasteiger partial charge in [0, 0.05) is 37.2 Å². The zero-order valence-electron chi connectivity index (χ0n) is 32.7. The number of methoxy groups -OCH3 is 2. The maximum Gasteiger partial charge on any atom is 0.350 e. The van der Waals surface area contributed by atoms with Gasteiger partial charge in [0.2, 0.25) is 0 Å². The van der Waals surface area contributed by atoms with Gasteiger partial charge in [-0.3, -0.25) is 0 Å². The van der Waals surface area contributed by atoms with Crippen molar-refractivity contribution >= 4 is 107 Å². The Balaban J connectivity index is 0.000000208. The van der Waals surface area contributed by atoms with E-state index < -0.39 is 24.0 Å².